The second-order valence-electron chi connectivity index (χ2n) is 19.0. The molecule has 0 rings (SSSR count). The Labute approximate surface area is 380 Å². The fourth-order valence-electron chi connectivity index (χ4n) is 8.66. The van der Waals surface area contributed by atoms with Crippen molar-refractivity contribution in [3.63, 3.8) is 0 Å². The van der Waals surface area contributed by atoms with Gasteiger partial charge in [0, 0.05) is 6.42 Å². The van der Waals surface area contributed by atoms with Gasteiger partial charge in [-0.25, -0.2) is 0 Å². The van der Waals surface area contributed by atoms with Crippen LogP contribution in [0.3, 0.4) is 0 Å². The lowest BCUT2D eigenvalue weighted by molar-refractivity contribution is -0.151. The van der Waals surface area contributed by atoms with Crippen LogP contribution < -0.4 is 5.32 Å². The number of rotatable bonds is 50. The molecule has 6 heteroatoms. The van der Waals surface area contributed by atoms with Crippen molar-refractivity contribution in [2.24, 2.45) is 0 Å². The Kier molecular flexibility index (Phi) is 48.5. The van der Waals surface area contributed by atoms with Crippen LogP contribution in [-0.4, -0.2) is 46.9 Å². The zero-order valence-electron chi connectivity index (χ0n) is 41.3. The number of hydrogen-bond donors (Lipinski definition) is 3. The molecule has 6 nitrogen and oxygen atoms in total. The summed E-state index contributed by atoms with van der Waals surface area (Å²) in [6.07, 6.45) is 55.6. The Hall–Kier alpha value is -1.40. The topological polar surface area (TPSA) is 95.9 Å². The third-order valence-corrected chi connectivity index (χ3v) is 12.8. The van der Waals surface area contributed by atoms with Crippen molar-refractivity contribution in [2.45, 2.75) is 322 Å². The molecule has 0 saturated heterocycles. The summed E-state index contributed by atoms with van der Waals surface area (Å²) >= 11 is 0. The van der Waals surface area contributed by atoms with Crippen molar-refractivity contribution < 1.29 is 24.5 Å². The van der Waals surface area contributed by atoms with E-state index >= 15 is 0 Å². The van der Waals surface area contributed by atoms with Crippen LogP contribution in [-0.2, 0) is 14.3 Å². The van der Waals surface area contributed by atoms with Crippen LogP contribution in [0.25, 0.3) is 0 Å². The first kappa shape index (κ1) is 59.6. The van der Waals surface area contributed by atoms with Crippen molar-refractivity contribution in [3.05, 3.63) is 12.2 Å². The molecule has 3 atom stereocenters. The zero-order valence-corrected chi connectivity index (χ0v) is 41.3. The molecule has 0 fully saturated rings. The molecule has 0 heterocycles. The lowest BCUT2D eigenvalue weighted by Crippen LogP contribution is -2.46. The van der Waals surface area contributed by atoms with E-state index in [1.54, 1.807) is 0 Å². The Morgan fingerprint density at radius 2 is 0.787 bits per heavy atom. The molecule has 1 amide bonds. The maximum absolute atomic E-state index is 13.2. The number of hydrogen-bond acceptors (Lipinski definition) is 5. The molecular weight excluding hydrogens is 755 g/mol. The lowest BCUT2D eigenvalue weighted by atomic mass is 10.0. The molecule has 3 unspecified atom stereocenters. The van der Waals surface area contributed by atoms with E-state index in [-0.39, 0.29) is 24.9 Å². The van der Waals surface area contributed by atoms with Gasteiger partial charge in [-0.3, -0.25) is 9.59 Å². The molecule has 0 saturated carbocycles. The predicted octanol–water partition coefficient (Wildman–Crippen LogP) is 16.5. The van der Waals surface area contributed by atoms with Crippen molar-refractivity contribution >= 4 is 11.9 Å². The summed E-state index contributed by atoms with van der Waals surface area (Å²) in [6.45, 7) is 6.50. The number of carbonyl (C=O) groups excluding carboxylic acids is 2. The van der Waals surface area contributed by atoms with E-state index in [0.29, 0.717) is 19.3 Å². The second kappa shape index (κ2) is 49.6. The van der Waals surface area contributed by atoms with Gasteiger partial charge < -0.3 is 20.3 Å². The number of ether oxygens (including phenoxy) is 1. The highest BCUT2D eigenvalue weighted by atomic mass is 16.5. The van der Waals surface area contributed by atoms with Gasteiger partial charge in [0.1, 0.15) is 6.10 Å². The molecule has 0 aliphatic heterocycles. The highest BCUT2D eigenvalue weighted by Crippen LogP contribution is 2.18. The number of aliphatic hydroxyl groups is 2. The summed E-state index contributed by atoms with van der Waals surface area (Å²) in [7, 11) is 0. The van der Waals surface area contributed by atoms with E-state index in [4.69, 9.17) is 4.74 Å². The van der Waals surface area contributed by atoms with Crippen molar-refractivity contribution in [2.75, 3.05) is 6.61 Å². The SMILES string of the molecule is CCCCCCCC/C=C/CCCCCCCC(CC(=O)NC(CO)C(O)CCCCCCCCCCCCCC)OC(=O)CCCCCCCCCCCCCCCCC. The van der Waals surface area contributed by atoms with E-state index in [2.05, 4.69) is 38.2 Å². The van der Waals surface area contributed by atoms with Crippen LogP contribution in [0.2, 0.25) is 0 Å². The average Bonchev–Trinajstić information content (AvgIpc) is 3.25. The third-order valence-electron chi connectivity index (χ3n) is 12.8. The van der Waals surface area contributed by atoms with Crippen LogP contribution in [0.5, 0.6) is 0 Å². The van der Waals surface area contributed by atoms with Crippen LogP contribution in [0.1, 0.15) is 303 Å². The first-order valence-corrected chi connectivity index (χ1v) is 27.4. The van der Waals surface area contributed by atoms with Crippen LogP contribution in [0, 0.1) is 0 Å². The van der Waals surface area contributed by atoms with Gasteiger partial charge in [-0.05, 0) is 51.4 Å². The Morgan fingerprint density at radius 1 is 0.459 bits per heavy atom. The van der Waals surface area contributed by atoms with Gasteiger partial charge in [0.2, 0.25) is 5.91 Å². The molecule has 0 radical (unpaired) electrons. The minimum atomic E-state index is -0.784. The monoisotopic (exact) mass is 862 g/mol. The number of aliphatic hydroxyl groups excluding tert-OH is 2. The molecule has 0 aromatic rings. The molecule has 3 N–H and O–H groups in total. The van der Waals surface area contributed by atoms with Gasteiger partial charge >= 0.3 is 5.97 Å². The molecular formula is C55H107NO5. The number of unbranched alkanes of at least 4 members (excludes halogenated alkanes) is 36. The molecule has 61 heavy (non-hydrogen) atoms. The highest BCUT2D eigenvalue weighted by Gasteiger charge is 2.24. The van der Waals surface area contributed by atoms with Gasteiger partial charge in [-0.15, -0.1) is 0 Å². The second-order valence-corrected chi connectivity index (χ2v) is 19.0. The summed E-state index contributed by atoms with van der Waals surface area (Å²) in [6, 6.07) is -0.697. The van der Waals surface area contributed by atoms with Crippen molar-refractivity contribution in [1.82, 2.24) is 5.32 Å². The largest absolute Gasteiger partial charge is 0.462 e. The maximum Gasteiger partial charge on any atom is 0.306 e. The Balaban J connectivity index is 4.54. The van der Waals surface area contributed by atoms with Gasteiger partial charge in [0.25, 0.3) is 0 Å². The van der Waals surface area contributed by atoms with Gasteiger partial charge in [0.15, 0.2) is 0 Å². The molecule has 0 aromatic heterocycles. The highest BCUT2D eigenvalue weighted by molar-refractivity contribution is 5.77. The number of carbonyl (C=O) groups is 2. The fraction of sp³-hybridized carbons (Fsp3) is 0.927. The molecule has 0 bridgehead atoms. The molecule has 0 spiro atoms. The summed E-state index contributed by atoms with van der Waals surface area (Å²) < 4.78 is 5.95. The molecule has 362 valence electrons. The molecule has 0 aliphatic rings. The summed E-state index contributed by atoms with van der Waals surface area (Å²) in [4.78, 5) is 26.2. The lowest BCUT2D eigenvalue weighted by Gasteiger charge is -2.24. The fourth-order valence-corrected chi connectivity index (χ4v) is 8.66. The van der Waals surface area contributed by atoms with Crippen molar-refractivity contribution in [1.29, 1.82) is 0 Å². The quantitative estimate of drug-likeness (QED) is 0.0322. The third kappa shape index (κ3) is 45.0. The summed E-state index contributed by atoms with van der Waals surface area (Å²) in [5.74, 6) is -0.462. The van der Waals surface area contributed by atoms with E-state index in [0.717, 1.165) is 57.8 Å². The minimum Gasteiger partial charge on any atom is -0.462 e. The maximum atomic E-state index is 13.2. The first-order chi connectivity index (χ1) is 30.0. The standard InChI is InChI=1S/C55H107NO5/c1-4-7-10-13-16-19-22-25-27-29-31-34-37-40-43-46-51(61-55(60)48-45-42-39-36-33-30-28-26-23-20-17-14-11-8-5-2)49-54(59)56-52(50-57)53(58)47-44-41-38-35-32-24-21-18-15-12-9-6-3/h25,27,51-53,57-58H,4-24,26,28-50H2,1-3H3,(H,56,59)/b27-25+. The van der Waals surface area contributed by atoms with Gasteiger partial charge in [-0.1, -0.05) is 251 Å². The Bertz CT molecular complexity index is 924. The van der Waals surface area contributed by atoms with E-state index in [1.807, 2.05) is 0 Å². The van der Waals surface area contributed by atoms with Crippen LogP contribution >= 0.6 is 0 Å². The van der Waals surface area contributed by atoms with Crippen LogP contribution in [0.4, 0.5) is 0 Å². The van der Waals surface area contributed by atoms with E-state index in [1.165, 1.54) is 199 Å². The van der Waals surface area contributed by atoms with E-state index < -0.39 is 18.2 Å². The summed E-state index contributed by atoms with van der Waals surface area (Å²) in [5, 5.41) is 23.8. The smallest absolute Gasteiger partial charge is 0.306 e. The van der Waals surface area contributed by atoms with Gasteiger partial charge in [0.05, 0.1) is 25.2 Å². The number of esters is 1. The van der Waals surface area contributed by atoms with Crippen molar-refractivity contribution in [3.8, 4) is 0 Å². The predicted molar refractivity (Wildman–Crippen MR) is 264 cm³/mol. The first-order valence-electron chi connectivity index (χ1n) is 27.4. The molecule has 0 aromatic carbocycles. The minimum absolute atomic E-state index is 0.0792. The Morgan fingerprint density at radius 3 is 1.16 bits per heavy atom. The van der Waals surface area contributed by atoms with Crippen LogP contribution in [0.15, 0.2) is 12.2 Å². The van der Waals surface area contributed by atoms with Gasteiger partial charge in [-0.2, -0.15) is 0 Å². The number of nitrogens with one attached hydrogen (secondary N) is 1. The molecule has 0 aliphatic carbocycles. The van der Waals surface area contributed by atoms with E-state index in [9.17, 15) is 19.8 Å². The number of allylic oxidation sites excluding steroid dienone is 2. The number of amides is 1. The average molecular weight is 862 g/mol. The summed E-state index contributed by atoms with van der Waals surface area (Å²) in [5.41, 5.74) is 0. The normalized spacial score (nSPS) is 13.2. The zero-order chi connectivity index (χ0) is 44.5.